The molecule has 0 aliphatic carbocycles. The Hall–Kier alpha value is -2.03. The van der Waals surface area contributed by atoms with Gasteiger partial charge < -0.3 is 10.2 Å². The molecule has 0 heterocycles. The van der Waals surface area contributed by atoms with Crippen molar-refractivity contribution in [1.29, 1.82) is 0 Å². The van der Waals surface area contributed by atoms with Gasteiger partial charge in [-0.3, -0.25) is 4.79 Å². The molecule has 2 N–H and O–H groups in total. The van der Waals surface area contributed by atoms with Gasteiger partial charge >= 0.3 is 0 Å². The maximum absolute atomic E-state index is 11.6. The second kappa shape index (κ2) is 5.31. The van der Waals surface area contributed by atoms with E-state index in [0.717, 1.165) is 35.6 Å². The lowest BCUT2D eigenvalue weighted by molar-refractivity contribution is 0.101. The second-order valence-corrected chi connectivity index (χ2v) is 4.86. The summed E-state index contributed by atoms with van der Waals surface area (Å²) in [4.78, 5) is 11.6. The van der Waals surface area contributed by atoms with Gasteiger partial charge in [0.2, 0.25) is 0 Å². The number of phenols is 2. The van der Waals surface area contributed by atoms with Gasteiger partial charge in [0.15, 0.2) is 17.3 Å². The number of hydrogen-bond acceptors (Lipinski definition) is 3. The minimum atomic E-state index is -0.158. The summed E-state index contributed by atoms with van der Waals surface area (Å²) in [5, 5.41) is 20.9. The molecule has 2 rings (SSSR count). The number of hydrogen-bond donors (Lipinski definition) is 2. The van der Waals surface area contributed by atoms with E-state index in [1.807, 2.05) is 6.07 Å². The van der Waals surface area contributed by atoms with Gasteiger partial charge in [-0.05, 0) is 60.4 Å². The summed E-state index contributed by atoms with van der Waals surface area (Å²) < 4.78 is 0. The van der Waals surface area contributed by atoms with Crippen LogP contribution in [0.5, 0.6) is 11.5 Å². The lowest BCUT2D eigenvalue weighted by atomic mass is 9.95. The quantitative estimate of drug-likeness (QED) is 0.648. The Morgan fingerprint density at radius 2 is 1.79 bits per heavy atom. The van der Waals surface area contributed by atoms with Crippen LogP contribution in [-0.2, 0) is 6.42 Å². The molecule has 0 radical (unpaired) electrons. The number of aryl methyl sites for hydroxylation is 1. The molecule has 3 heteroatoms. The van der Waals surface area contributed by atoms with Crippen molar-refractivity contribution in [2.24, 2.45) is 0 Å². The van der Waals surface area contributed by atoms with Crippen molar-refractivity contribution < 1.29 is 15.0 Å². The summed E-state index contributed by atoms with van der Waals surface area (Å²) >= 11 is 0. The molecule has 0 aliphatic rings. The minimum Gasteiger partial charge on any atom is -0.504 e. The number of Topliss-reactive ketones (excluding diaryl/α,β-unsaturated/α-hetero) is 1. The molecular formula is C16H18O3. The average Bonchev–Trinajstić information content (AvgIpc) is 2.37. The highest BCUT2D eigenvalue weighted by molar-refractivity contribution is 6.00. The second-order valence-electron chi connectivity index (χ2n) is 4.86. The third-order valence-electron chi connectivity index (χ3n) is 3.34. The number of aromatic hydroxyl groups is 2. The molecule has 0 fully saturated rings. The van der Waals surface area contributed by atoms with E-state index in [-0.39, 0.29) is 17.3 Å². The number of benzene rings is 2. The molecule has 0 amide bonds. The Balaban J connectivity index is 2.67. The number of carbonyl (C=O) groups is 1. The maximum Gasteiger partial charge on any atom is 0.159 e. The Bertz CT molecular complexity index is 629. The fourth-order valence-electron chi connectivity index (χ4n) is 2.24. The van der Waals surface area contributed by atoms with Crippen LogP contribution in [0.15, 0.2) is 24.3 Å². The van der Waals surface area contributed by atoms with Crippen LogP contribution in [0, 0.1) is 0 Å². The predicted molar refractivity (Wildman–Crippen MR) is 75.9 cm³/mol. The van der Waals surface area contributed by atoms with Crippen LogP contribution in [0.25, 0.3) is 10.8 Å². The summed E-state index contributed by atoms with van der Waals surface area (Å²) in [7, 11) is 0. The van der Waals surface area contributed by atoms with Crippen LogP contribution < -0.4 is 0 Å². The maximum atomic E-state index is 11.6. The van der Waals surface area contributed by atoms with E-state index in [9.17, 15) is 15.0 Å². The van der Waals surface area contributed by atoms with Crippen LogP contribution in [-0.4, -0.2) is 16.0 Å². The first-order valence-electron chi connectivity index (χ1n) is 6.52. The van der Waals surface area contributed by atoms with Crippen molar-refractivity contribution in [1.82, 2.24) is 0 Å². The molecule has 0 unspecified atom stereocenters. The molecule has 0 bridgehead atoms. The number of phenolic OH excluding ortho intramolecular Hbond substituents is 2. The Morgan fingerprint density at radius 1 is 1.11 bits per heavy atom. The van der Waals surface area contributed by atoms with E-state index in [1.165, 1.54) is 13.0 Å². The summed E-state index contributed by atoms with van der Waals surface area (Å²) in [5.74, 6) is -0.275. The van der Waals surface area contributed by atoms with Crippen LogP contribution in [0.2, 0.25) is 0 Å². The number of unbranched alkanes of at least 4 members (excludes halogenated alkanes) is 1. The van der Waals surface area contributed by atoms with Crippen molar-refractivity contribution in [3.63, 3.8) is 0 Å². The van der Waals surface area contributed by atoms with Crippen LogP contribution in [0.1, 0.15) is 42.6 Å². The fraction of sp³-hybridized carbons (Fsp3) is 0.312. The monoisotopic (exact) mass is 258 g/mol. The zero-order chi connectivity index (χ0) is 14.0. The van der Waals surface area contributed by atoms with Crippen molar-refractivity contribution in [2.75, 3.05) is 0 Å². The molecule has 19 heavy (non-hydrogen) atoms. The zero-order valence-corrected chi connectivity index (χ0v) is 11.2. The molecule has 0 spiro atoms. The molecule has 2 aromatic carbocycles. The van der Waals surface area contributed by atoms with Gasteiger partial charge in [-0.15, -0.1) is 0 Å². The highest BCUT2D eigenvalue weighted by Crippen LogP contribution is 2.33. The predicted octanol–water partition coefficient (Wildman–Crippen LogP) is 3.80. The average molecular weight is 258 g/mol. The Kier molecular flexibility index (Phi) is 3.74. The molecule has 0 atom stereocenters. The highest BCUT2D eigenvalue weighted by atomic mass is 16.3. The van der Waals surface area contributed by atoms with Gasteiger partial charge in [0, 0.05) is 5.56 Å². The van der Waals surface area contributed by atoms with Gasteiger partial charge in [0.1, 0.15) is 0 Å². The molecule has 2 aromatic rings. The van der Waals surface area contributed by atoms with Crippen molar-refractivity contribution in [3.8, 4) is 11.5 Å². The summed E-state index contributed by atoms with van der Waals surface area (Å²) in [6.45, 7) is 3.64. The van der Waals surface area contributed by atoms with Gasteiger partial charge in [-0.1, -0.05) is 13.3 Å². The molecule has 3 nitrogen and oxygen atoms in total. The zero-order valence-electron chi connectivity index (χ0n) is 11.2. The number of rotatable bonds is 4. The van der Waals surface area contributed by atoms with Gasteiger partial charge in [0.05, 0.1) is 0 Å². The molecule has 100 valence electrons. The topological polar surface area (TPSA) is 57.5 Å². The van der Waals surface area contributed by atoms with E-state index in [2.05, 4.69) is 6.92 Å². The Morgan fingerprint density at radius 3 is 2.42 bits per heavy atom. The van der Waals surface area contributed by atoms with Crippen LogP contribution >= 0.6 is 0 Å². The summed E-state index contributed by atoms with van der Waals surface area (Å²) in [5.41, 5.74) is 1.68. The van der Waals surface area contributed by atoms with Crippen molar-refractivity contribution >= 4 is 16.6 Å². The fourth-order valence-corrected chi connectivity index (χ4v) is 2.24. The molecule has 0 saturated carbocycles. The first kappa shape index (κ1) is 13.4. The van der Waals surface area contributed by atoms with Crippen molar-refractivity contribution in [2.45, 2.75) is 33.1 Å². The molecular weight excluding hydrogens is 240 g/mol. The first-order valence-corrected chi connectivity index (χ1v) is 6.52. The van der Waals surface area contributed by atoms with Crippen LogP contribution in [0.4, 0.5) is 0 Å². The van der Waals surface area contributed by atoms with E-state index < -0.39 is 0 Å². The lowest BCUT2D eigenvalue weighted by Gasteiger charge is -2.10. The summed E-state index contributed by atoms with van der Waals surface area (Å²) in [6.07, 6.45) is 2.95. The smallest absolute Gasteiger partial charge is 0.159 e. The molecule has 0 aliphatic heterocycles. The number of carbonyl (C=O) groups excluding carboxylic acids is 1. The minimum absolute atomic E-state index is 0.00668. The van der Waals surface area contributed by atoms with E-state index in [0.29, 0.717) is 5.56 Å². The third kappa shape index (κ3) is 2.70. The molecule has 0 aromatic heterocycles. The van der Waals surface area contributed by atoms with Gasteiger partial charge in [-0.25, -0.2) is 0 Å². The van der Waals surface area contributed by atoms with E-state index in [1.54, 1.807) is 12.1 Å². The lowest BCUT2D eigenvalue weighted by Crippen LogP contribution is -1.96. The van der Waals surface area contributed by atoms with Gasteiger partial charge in [-0.2, -0.15) is 0 Å². The van der Waals surface area contributed by atoms with Crippen molar-refractivity contribution in [3.05, 3.63) is 35.4 Å². The van der Waals surface area contributed by atoms with Crippen LogP contribution in [0.3, 0.4) is 0 Å². The van der Waals surface area contributed by atoms with E-state index >= 15 is 0 Å². The number of ketones is 1. The highest BCUT2D eigenvalue weighted by Gasteiger charge is 2.10. The largest absolute Gasteiger partial charge is 0.504 e. The van der Waals surface area contributed by atoms with Gasteiger partial charge in [0.25, 0.3) is 0 Å². The summed E-state index contributed by atoms with van der Waals surface area (Å²) in [6, 6.07) is 6.72. The third-order valence-corrected chi connectivity index (χ3v) is 3.34. The standard InChI is InChI=1S/C16H18O3/c1-3-4-5-11-6-12(10(2)17)7-13-8-15(18)16(19)9-14(11)13/h6-9,18-19H,3-5H2,1-2H3. The first-order chi connectivity index (χ1) is 9.02. The molecule has 0 saturated heterocycles. The number of fused-ring (bicyclic) bond motifs is 1. The Labute approximate surface area is 112 Å². The van der Waals surface area contributed by atoms with E-state index in [4.69, 9.17) is 0 Å². The normalized spacial score (nSPS) is 10.8. The SMILES string of the molecule is CCCCc1cc(C(C)=O)cc2cc(O)c(O)cc12.